The van der Waals surface area contributed by atoms with Gasteiger partial charge in [0.2, 0.25) is 5.91 Å². The molecule has 0 N–H and O–H groups in total. The fraction of sp³-hybridized carbons (Fsp3) is 0.455. The van der Waals surface area contributed by atoms with Gasteiger partial charge in [-0.05, 0) is 24.1 Å². The fourth-order valence-electron chi connectivity index (χ4n) is 1.71. The number of anilines is 1. The summed E-state index contributed by atoms with van der Waals surface area (Å²) in [6.07, 6.45) is 3.10. The minimum atomic E-state index is -0.0791. The molecule has 2 heterocycles. The summed E-state index contributed by atoms with van der Waals surface area (Å²) in [5.74, 6) is 0.790. The maximum Gasteiger partial charge on any atom is 0.229 e. The molecule has 0 aromatic carbocycles. The SMILES string of the molecule is CCc1ccnc(N2CC(Cl)CC2=O)c1. The zero-order valence-corrected chi connectivity index (χ0v) is 9.37. The second kappa shape index (κ2) is 4.19. The molecule has 0 saturated carbocycles. The molecule has 0 bridgehead atoms. The lowest BCUT2D eigenvalue weighted by atomic mass is 10.2. The van der Waals surface area contributed by atoms with Crippen molar-refractivity contribution < 1.29 is 4.79 Å². The highest BCUT2D eigenvalue weighted by atomic mass is 35.5. The Kier molecular flexibility index (Phi) is 2.91. The number of aryl methyl sites for hydroxylation is 1. The minimum Gasteiger partial charge on any atom is -0.295 e. The van der Waals surface area contributed by atoms with Gasteiger partial charge in [-0.2, -0.15) is 0 Å². The van der Waals surface area contributed by atoms with Crippen molar-refractivity contribution in [1.82, 2.24) is 4.98 Å². The Morgan fingerprint density at radius 1 is 1.67 bits per heavy atom. The van der Waals surface area contributed by atoms with Crippen LogP contribution in [0.2, 0.25) is 0 Å². The summed E-state index contributed by atoms with van der Waals surface area (Å²) < 4.78 is 0. The van der Waals surface area contributed by atoms with Gasteiger partial charge in [0.05, 0.1) is 5.38 Å². The number of aromatic nitrogens is 1. The summed E-state index contributed by atoms with van der Waals surface area (Å²) in [6, 6.07) is 3.91. The van der Waals surface area contributed by atoms with Gasteiger partial charge in [0.25, 0.3) is 0 Å². The van der Waals surface area contributed by atoms with E-state index in [0.29, 0.717) is 13.0 Å². The normalized spacial score (nSPS) is 21.1. The van der Waals surface area contributed by atoms with Gasteiger partial charge >= 0.3 is 0 Å². The van der Waals surface area contributed by atoms with Crippen LogP contribution >= 0.6 is 11.6 Å². The monoisotopic (exact) mass is 224 g/mol. The molecule has 1 aliphatic heterocycles. The third-order valence-corrected chi connectivity index (χ3v) is 2.86. The molecule has 0 radical (unpaired) electrons. The van der Waals surface area contributed by atoms with Gasteiger partial charge in [-0.1, -0.05) is 6.92 Å². The first-order chi connectivity index (χ1) is 7.20. The molecule has 4 heteroatoms. The zero-order valence-electron chi connectivity index (χ0n) is 8.61. The Morgan fingerprint density at radius 2 is 2.47 bits per heavy atom. The number of rotatable bonds is 2. The average molecular weight is 225 g/mol. The van der Waals surface area contributed by atoms with Crippen molar-refractivity contribution in [3.05, 3.63) is 23.9 Å². The Hall–Kier alpha value is -1.09. The van der Waals surface area contributed by atoms with E-state index in [-0.39, 0.29) is 11.3 Å². The van der Waals surface area contributed by atoms with Crippen molar-refractivity contribution in [3.8, 4) is 0 Å². The van der Waals surface area contributed by atoms with Crippen LogP contribution in [0.15, 0.2) is 18.3 Å². The molecule has 3 nitrogen and oxygen atoms in total. The standard InChI is InChI=1S/C11H13ClN2O/c1-2-8-3-4-13-10(5-8)14-7-9(12)6-11(14)15/h3-5,9H,2,6-7H2,1H3. The van der Waals surface area contributed by atoms with Crippen molar-refractivity contribution in [2.45, 2.75) is 25.1 Å². The quantitative estimate of drug-likeness (QED) is 0.720. The van der Waals surface area contributed by atoms with E-state index in [4.69, 9.17) is 11.6 Å². The van der Waals surface area contributed by atoms with Gasteiger partial charge in [-0.15, -0.1) is 11.6 Å². The van der Waals surface area contributed by atoms with Gasteiger partial charge in [0, 0.05) is 19.2 Å². The van der Waals surface area contributed by atoms with Crippen LogP contribution in [-0.2, 0) is 11.2 Å². The summed E-state index contributed by atoms with van der Waals surface area (Å²) >= 11 is 5.94. The number of carbonyl (C=O) groups is 1. The number of amides is 1. The number of hydrogen-bond donors (Lipinski definition) is 0. The molecule has 1 amide bonds. The van der Waals surface area contributed by atoms with Gasteiger partial charge in [0.15, 0.2) is 0 Å². The summed E-state index contributed by atoms with van der Waals surface area (Å²) in [6.45, 7) is 2.65. The topological polar surface area (TPSA) is 33.2 Å². The van der Waals surface area contributed by atoms with Crippen LogP contribution in [0.3, 0.4) is 0 Å². The lowest BCUT2D eigenvalue weighted by Gasteiger charge is -2.14. The maximum atomic E-state index is 11.6. The van der Waals surface area contributed by atoms with Crippen LogP contribution in [0, 0.1) is 0 Å². The smallest absolute Gasteiger partial charge is 0.229 e. The molecule has 2 rings (SSSR count). The molecule has 15 heavy (non-hydrogen) atoms. The van der Waals surface area contributed by atoms with E-state index in [1.165, 1.54) is 5.56 Å². The van der Waals surface area contributed by atoms with E-state index in [0.717, 1.165) is 12.2 Å². The number of nitrogens with zero attached hydrogens (tertiary/aromatic N) is 2. The average Bonchev–Trinajstić information content (AvgIpc) is 2.58. The Morgan fingerprint density at radius 3 is 3.07 bits per heavy atom. The van der Waals surface area contributed by atoms with Gasteiger partial charge in [0.1, 0.15) is 5.82 Å². The third-order valence-electron chi connectivity index (χ3n) is 2.57. The molecule has 1 aromatic rings. The number of halogens is 1. The highest BCUT2D eigenvalue weighted by molar-refractivity contribution is 6.24. The molecule has 1 aromatic heterocycles. The molecule has 0 aliphatic carbocycles. The third kappa shape index (κ3) is 2.12. The lowest BCUT2D eigenvalue weighted by molar-refractivity contribution is -0.117. The van der Waals surface area contributed by atoms with E-state index < -0.39 is 0 Å². The van der Waals surface area contributed by atoms with Crippen molar-refractivity contribution in [3.63, 3.8) is 0 Å². The summed E-state index contributed by atoms with van der Waals surface area (Å²) in [5, 5.41) is -0.0791. The highest BCUT2D eigenvalue weighted by Gasteiger charge is 2.29. The highest BCUT2D eigenvalue weighted by Crippen LogP contribution is 2.22. The van der Waals surface area contributed by atoms with Crippen LogP contribution in [0.4, 0.5) is 5.82 Å². The fourth-order valence-corrected chi connectivity index (χ4v) is 1.98. The Bertz CT molecular complexity index is 381. The van der Waals surface area contributed by atoms with E-state index in [2.05, 4.69) is 11.9 Å². The first kappa shape index (κ1) is 10.4. The molecule has 1 unspecified atom stereocenters. The van der Waals surface area contributed by atoms with Gasteiger partial charge < -0.3 is 0 Å². The minimum absolute atomic E-state index is 0.0655. The van der Waals surface area contributed by atoms with E-state index in [9.17, 15) is 4.79 Å². The number of hydrogen-bond acceptors (Lipinski definition) is 2. The second-order valence-electron chi connectivity index (χ2n) is 3.68. The predicted octanol–water partition coefficient (Wildman–Crippen LogP) is 1.99. The maximum absolute atomic E-state index is 11.6. The van der Waals surface area contributed by atoms with E-state index >= 15 is 0 Å². The Labute approximate surface area is 94.1 Å². The van der Waals surface area contributed by atoms with Crippen molar-refractivity contribution in [2.75, 3.05) is 11.4 Å². The zero-order chi connectivity index (χ0) is 10.8. The van der Waals surface area contributed by atoms with Crippen LogP contribution in [0.5, 0.6) is 0 Å². The molecule has 80 valence electrons. The first-order valence-electron chi connectivity index (χ1n) is 5.10. The predicted molar refractivity (Wildman–Crippen MR) is 60.2 cm³/mol. The van der Waals surface area contributed by atoms with Gasteiger partial charge in [-0.3, -0.25) is 9.69 Å². The number of pyridine rings is 1. The van der Waals surface area contributed by atoms with Crippen molar-refractivity contribution in [2.24, 2.45) is 0 Å². The van der Waals surface area contributed by atoms with Crippen molar-refractivity contribution >= 4 is 23.3 Å². The molecule has 1 saturated heterocycles. The van der Waals surface area contributed by atoms with E-state index in [1.54, 1.807) is 11.1 Å². The largest absolute Gasteiger partial charge is 0.295 e. The summed E-state index contributed by atoms with van der Waals surface area (Å²) in [5.41, 5.74) is 1.19. The number of alkyl halides is 1. The molecule has 1 fully saturated rings. The van der Waals surface area contributed by atoms with Crippen LogP contribution in [-0.4, -0.2) is 22.8 Å². The van der Waals surface area contributed by atoms with E-state index in [1.807, 2.05) is 12.1 Å². The summed E-state index contributed by atoms with van der Waals surface area (Å²) in [7, 11) is 0. The second-order valence-corrected chi connectivity index (χ2v) is 4.30. The number of carbonyl (C=O) groups excluding carboxylic acids is 1. The first-order valence-corrected chi connectivity index (χ1v) is 5.53. The molecular weight excluding hydrogens is 212 g/mol. The molecule has 0 spiro atoms. The van der Waals surface area contributed by atoms with Gasteiger partial charge in [-0.25, -0.2) is 4.98 Å². The molecular formula is C11H13ClN2O. The molecule has 1 aliphatic rings. The van der Waals surface area contributed by atoms with Crippen LogP contribution in [0.1, 0.15) is 18.9 Å². The van der Waals surface area contributed by atoms with Crippen LogP contribution in [0.25, 0.3) is 0 Å². The molecule has 1 atom stereocenters. The Balaban J connectivity index is 2.25. The van der Waals surface area contributed by atoms with Crippen LogP contribution < -0.4 is 4.90 Å². The van der Waals surface area contributed by atoms with Crippen molar-refractivity contribution in [1.29, 1.82) is 0 Å². The summed E-state index contributed by atoms with van der Waals surface area (Å²) in [4.78, 5) is 17.5. The lowest BCUT2D eigenvalue weighted by Crippen LogP contribution is -2.25.